The average molecular weight is 204 g/mol. The smallest absolute Gasteiger partial charge is 0.160 e. The van der Waals surface area contributed by atoms with Crippen molar-refractivity contribution < 1.29 is 4.79 Å². The van der Waals surface area contributed by atoms with E-state index in [1.807, 2.05) is 6.07 Å². The maximum absolute atomic E-state index is 10.4. The number of halogens is 1. The lowest BCUT2D eigenvalue weighted by atomic mass is 10.1. The highest BCUT2D eigenvalue weighted by molar-refractivity contribution is 7.13. The van der Waals surface area contributed by atoms with Gasteiger partial charge in [-0.2, -0.15) is 0 Å². The predicted octanol–water partition coefficient (Wildman–Crippen LogP) is 1.63. The minimum absolute atomic E-state index is 0. The summed E-state index contributed by atoms with van der Waals surface area (Å²) in [6.45, 7) is 1.98. The van der Waals surface area contributed by atoms with Crippen LogP contribution in [0.5, 0.6) is 0 Å². The summed E-state index contributed by atoms with van der Waals surface area (Å²) in [5, 5.41) is 3.27. The molecule has 12 heavy (non-hydrogen) atoms. The fourth-order valence-electron chi connectivity index (χ4n) is 1.33. The minimum Gasteiger partial charge on any atom is -0.312 e. The van der Waals surface area contributed by atoms with Gasteiger partial charge >= 0.3 is 0 Å². The summed E-state index contributed by atoms with van der Waals surface area (Å²) in [5.74, 6) is 0. The van der Waals surface area contributed by atoms with Crippen LogP contribution in [0.25, 0.3) is 0 Å². The lowest BCUT2D eigenvalue weighted by Gasteiger charge is -2.10. The van der Waals surface area contributed by atoms with E-state index in [0.717, 1.165) is 30.7 Å². The molecule has 0 aliphatic carbocycles. The molecule has 0 unspecified atom stereocenters. The molecule has 1 aromatic heterocycles. The molecule has 0 amide bonds. The van der Waals surface area contributed by atoms with E-state index in [4.69, 9.17) is 0 Å². The predicted molar refractivity (Wildman–Crippen MR) is 52.4 cm³/mol. The molecule has 0 radical (unpaired) electrons. The van der Waals surface area contributed by atoms with Gasteiger partial charge in [0.1, 0.15) is 0 Å². The Morgan fingerprint density at radius 2 is 2.42 bits per heavy atom. The molecule has 0 atom stereocenters. The van der Waals surface area contributed by atoms with E-state index in [2.05, 4.69) is 5.32 Å². The van der Waals surface area contributed by atoms with Gasteiger partial charge in [-0.3, -0.25) is 4.79 Å². The topological polar surface area (TPSA) is 29.1 Å². The molecule has 0 saturated carbocycles. The molecular weight excluding hydrogens is 194 g/mol. The Hall–Kier alpha value is -0.380. The Bertz CT molecular complexity index is 261. The number of rotatable bonds is 1. The number of thiophene rings is 1. The zero-order valence-corrected chi connectivity index (χ0v) is 8.13. The zero-order valence-electron chi connectivity index (χ0n) is 6.50. The van der Waals surface area contributed by atoms with Crippen LogP contribution in [0, 0.1) is 0 Å². The molecule has 2 heterocycles. The second kappa shape index (κ2) is 4.03. The molecule has 0 bridgehead atoms. The normalized spacial score (nSPS) is 14.7. The lowest BCUT2D eigenvalue weighted by Crippen LogP contribution is -2.21. The zero-order chi connectivity index (χ0) is 7.68. The number of nitrogens with one attached hydrogen (secondary N) is 1. The van der Waals surface area contributed by atoms with Gasteiger partial charge in [-0.05, 0) is 18.1 Å². The van der Waals surface area contributed by atoms with Gasteiger partial charge in [0, 0.05) is 18.0 Å². The van der Waals surface area contributed by atoms with E-state index < -0.39 is 0 Å². The quantitative estimate of drug-likeness (QED) is 0.703. The molecule has 0 spiro atoms. The number of carbonyl (C=O) groups excluding carboxylic acids is 1. The summed E-state index contributed by atoms with van der Waals surface area (Å²) in [4.78, 5) is 12.7. The highest BCUT2D eigenvalue weighted by atomic mass is 35.5. The Kier molecular flexibility index (Phi) is 3.26. The third-order valence-corrected chi connectivity index (χ3v) is 3.04. The number of fused-ring (bicyclic) bond motifs is 1. The molecule has 1 aliphatic heterocycles. The van der Waals surface area contributed by atoms with Crippen LogP contribution in [-0.2, 0) is 13.0 Å². The van der Waals surface area contributed by atoms with Gasteiger partial charge in [-0.1, -0.05) is 0 Å². The SMILES string of the molecule is Cl.O=Cc1cc2c(s1)CCNC2. The summed E-state index contributed by atoms with van der Waals surface area (Å²) in [6, 6.07) is 1.99. The van der Waals surface area contributed by atoms with Crippen LogP contribution in [0.15, 0.2) is 6.07 Å². The largest absolute Gasteiger partial charge is 0.312 e. The molecule has 2 nitrogen and oxygen atoms in total. The highest BCUT2D eigenvalue weighted by Gasteiger charge is 2.11. The van der Waals surface area contributed by atoms with Crippen LogP contribution in [-0.4, -0.2) is 12.8 Å². The van der Waals surface area contributed by atoms with E-state index in [0.29, 0.717) is 0 Å². The first-order valence-corrected chi connectivity index (χ1v) is 4.49. The van der Waals surface area contributed by atoms with Crippen molar-refractivity contribution in [2.24, 2.45) is 0 Å². The molecule has 0 fully saturated rings. The molecule has 0 saturated heterocycles. The van der Waals surface area contributed by atoms with E-state index >= 15 is 0 Å². The van der Waals surface area contributed by atoms with Crippen LogP contribution in [0.1, 0.15) is 20.1 Å². The summed E-state index contributed by atoms with van der Waals surface area (Å²) >= 11 is 1.63. The average Bonchev–Trinajstić information content (AvgIpc) is 2.46. The van der Waals surface area contributed by atoms with Crippen molar-refractivity contribution in [3.05, 3.63) is 21.4 Å². The Morgan fingerprint density at radius 3 is 3.08 bits per heavy atom. The van der Waals surface area contributed by atoms with E-state index in [1.165, 1.54) is 10.4 Å². The number of aldehydes is 1. The lowest BCUT2D eigenvalue weighted by molar-refractivity contribution is 0.112. The maximum atomic E-state index is 10.4. The van der Waals surface area contributed by atoms with Crippen molar-refractivity contribution >= 4 is 30.0 Å². The standard InChI is InChI=1S/C8H9NOS.ClH/c10-5-7-3-6-4-9-2-1-8(6)11-7;/h3,5,9H,1-2,4H2;1H. The van der Waals surface area contributed by atoms with Gasteiger partial charge in [-0.15, -0.1) is 23.7 Å². The molecule has 1 aliphatic rings. The van der Waals surface area contributed by atoms with Crippen molar-refractivity contribution in [2.75, 3.05) is 6.54 Å². The molecule has 1 aromatic rings. The minimum atomic E-state index is 0. The second-order valence-electron chi connectivity index (χ2n) is 2.64. The third-order valence-electron chi connectivity index (χ3n) is 1.88. The van der Waals surface area contributed by atoms with Crippen LogP contribution in [0.4, 0.5) is 0 Å². The first-order valence-electron chi connectivity index (χ1n) is 3.67. The van der Waals surface area contributed by atoms with E-state index in [-0.39, 0.29) is 12.4 Å². The van der Waals surface area contributed by atoms with Gasteiger partial charge in [0.05, 0.1) is 4.88 Å². The summed E-state index contributed by atoms with van der Waals surface area (Å²) in [5.41, 5.74) is 1.31. The maximum Gasteiger partial charge on any atom is 0.160 e. The van der Waals surface area contributed by atoms with Gasteiger partial charge in [0.25, 0.3) is 0 Å². The second-order valence-corrected chi connectivity index (χ2v) is 3.81. The molecule has 0 aromatic carbocycles. The van der Waals surface area contributed by atoms with Crippen molar-refractivity contribution in [3.63, 3.8) is 0 Å². The molecular formula is C8H10ClNOS. The first kappa shape index (κ1) is 9.71. The van der Waals surface area contributed by atoms with Crippen LogP contribution in [0.3, 0.4) is 0 Å². The molecule has 1 N–H and O–H groups in total. The Balaban J connectivity index is 0.000000720. The van der Waals surface area contributed by atoms with Gasteiger partial charge < -0.3 is 5.32 Å². The molecule has 4 heteroatoms. The van der Waals surface area contributed by atoms with Crippen molar-refractivity contribution in [1.29, 1.82) is 0 Å². The van der Waals surface area contributed by atoms with Crippen molar-refractivity contribution in [1.82, 2.24) is 5.32 Å². The number of hydrogen-bond donors (Lipinski definition) is 1. The fourth-order valence-corrected chi connectivity index (χ4v) is 2.33. The van der Waals surface area contributed by atoms with E-state index in [9.17, 15) is 4.79 Å². The summed E-state index contributed by atoms with van der Waals surface area (Å²) < 4.78 is 0. The monoisotopic (exact) mass is 203 g/mol. The van der Waals surface area contributed by atoms with Gasteiger partial charge in [-0.25, -0.2) is 0 Å². The number of hydrogen-bond acceptors (Lipinski definition) is 3. The first-order chi connectivity index (χ1) is 5.40. The third kappa shape index (κ3) is 1.68. The molecule has 2 rings (SSSR count). The Morgan fingerprint density at radius 1 is 1.58 bits per heavy atom. The van der Waals surface area contributed by atoms with Gasteiger partial charge in [0.15, 0.2) is 6.29 Å². The Labute approximate surface area is 81.4 Å². The summed E-state index contributed by atoms with van der Waals surface area (Å²) in [6.07, 6.45) is 2.01. The van der Waals surface area contributed by atoms with Crippen molar-refractivity contribution in [2.45, 2.75) is 13.0 Å². The summed E-state index contributed by atoms with van der Waals surface area (Å²) in [7, 11) is 0. The van der Waals surface area contributed by atoms with Gasteiger partial charge in [0.2, 0.25) is 0 Å². The highest BCUT2D eigenvalue weighted by Crippen LogP contribution is 2.23. The number of carbonyl (C=O) groups is 1. The fraction of sp³-hybridized carbons (Fsp3) is 0.375. The van der Waals surface area contributed by atoms with E-state index in [1.54, 1.807) is 11.3 Å². The van der Waals surface area contributed by atoms with Crippen LogP contribution in [0.2, 0.25) is 0 Å². The molecule has 66 valence electrons. The van der Waals surface area contributed by atoms with Crippen LogP contribution < -0.4 is 5.32 Å². The van der Waals surface area contributed by atoms with Crippen molar-refractivity contribution in [3.8, 4) is 0 Å². The van der Waals surface area contributed by atoms with Crippen LogP contribution >= 0.6 is 23.7 Å².